The van der Waals surface area contributed by atoms with Crippen LogP contribution in [0.5, 0.6) is 0 Å². The average molecular weight is 295 g/mol. The molecular formula is C16H17N5O. The second kappa shape index (κ2) is 5.38. The Balaban J connectivity index is 1.63. The minimum absolute atomic E-state index is 0.0203. The van der Waals surface area contributed by atoms with Crippen LogP contribution in [0, 0.1) is 0 Å². The number of piperazine rings is 1. The largest absolute Gasteiger partial charge is 0.338 e. The number of aromatic nitrogens is 2. The van der Waals surface area contributed by atoms with E-state index in [0.29, 0.717) is 12.1 Å². The smallest absolute Gasteiger partial charge is 0.262 e. The van der Waals surface area contributed by atoms with Gasteiger partial charge < -0.3 is 15.1 Å². The molecule has 1 aromatic carbocycles. The Hall–Kier alpha value is -2.47. The van der Waals surface area contributed by atoms with Crippen LogP contribution in [0.25, 0.3) is 0 Å². The molecule has 22 heavy (non-hydrogen) atoms. The van der Waals surface area contributed by atoms with E-state index in [2.05, 4.69) is 20.2 Å². The summed E-state index contributed by atoms with van der Waals surface area (Å²) in [6.45, 7) is 4.19. The van der Waals surface area contributed by atoms with Gasteiger partial charge in [0, 0.05) is 38.1 Å². The normalized spacial score (nSPS) is 17.7. The number of rotatable bonds is 2. The van der Waals surface area contributed by atoms with Crippen LogP contribution in [-0.2, 0) is 6.54 Å². The highest BCUT2D eigenvalue weighted by atomic mass is 16.2. The predicted molar refractivity (Wildman–Crippen MR) is 84.1 cm³/mol. The molecule has 1 N–H and O–H groups in total. The number of nitrogens with zero attached hydrogens (tertiary/aromatic N) is 4. The number of hydrogen-bond acceptors (Lipinski definition) is 5. The third-order valence-corrected chi connectivity index (χ3v) is 4.11. The van der Waals surface area contributed by atoms with Crippen LogP contribution in [0.15, 0.2) is 36.5 Å². The Morgan fingerprint density at radius 1 is 1.09 bits per heavy atom. The van der Waals surface area contributed by atoms with Gasteiger partial charge in [0.15, 0.2) is 0 Å². The van der Waals surface area contributed by atoms with Crippen LogP contribution in [0.3, 0.4) is 0 Å². The molecule has 1 aromatic heterocycles. The molecule has 2 aliphatic rings. The number of carbonyl (C=O) groups is 1. The van der Waals surface area contributed by atoms with Gasteiger partial charge in [0.2, 0.25) is 5.95 Å². The maximum absolute atomic E-state index is 12.5. The highest BCUT2D eigenvalue weighted by Gasteiger charge is 2.31. The molecule has 1 saturated heterocycles. The van der Waals surface area contributed by atoms with Gasteiger partial charge in [-0.05, 0) is 12.1 Å². The first kappa shape index (κ1) is 13.2. The molecule has 0 atom stereocenters. The summed E-state index contributed by atoms with van der Waals surface area (Å²) in [5, 5.41) is 3.31. The zero-order chi connectivity index (χ0) is 14.9. The first-order valence-corrected chi connectivity index (χ1v) is 7.51. The van der Waals surface area contributed by atoms with E-state index < -0.39 is 0 Å². The number of nitrogens with one attached hydrogen (secondary N) is 1. The van der Waals surface area contributed by atoms with Crippen LogP contribution in [0.2, 0.25) is 0 Å². The number of carbonyl (C=O) groups excluding carboxylic acids is 1. The van der Waals surface area contributed by atoms with Gasteiger partial charge in [-0.1, -0.05) is 18.2 Å². The maximum atomic E-state index is 12.5. The number of amides is 1. The molecule has 112 valence electrons. The molecule has 0 saturated carbocycles. The summed E-state index contributed by atoms with van der Waals surface area (Å²) < 4.78 is 0. The van der Waals surface area contributed by atoms with Crippen molar-refractivity contribution in [1.29, 1.82) is 0 Å². The number of para-hydroxylation sites is 1. The van der Waals surface area contributed by atoms with Crippen molar-refractivity contribution in [2.24, 2.45) is 0 Å². The van der Waals surface area contributed by atoms with Gasteiger partial charge in [-0.15, -0.1) is 0 Å². The van der Waals surface area contributed by atoms with Gasteiger partial charge in [-0.25, -0.2) is 9.97 Å². The lowest BCUT2D eigenvalue weighted by Gasteiger charge is -2.27. The minimum Gasteiger partial charge on any atom is -0.338 e. The summed E-state index contributed by atoms with van der Waals surface area (Å²) >= 11 is 0. The lowest BCUT2D eigenvalue weighted by Crippen LogP contribution is -2.44. The Labute approximate surface area is 128 Å². The van der Waals surface area contributed by atoms with Crippen molar-refractivity contribution >= 4 is 17.5 Å². The molecule has 3 heterocycles. The molecule has 1 amide bonds. The summed E-state index contributed by atoms with van der Waals surface area (Å²) in [4.78, 5) is 25.4. The van der Waals surface area contributed by atoms with Crippen LogP contribution in [-0.4, -0.2) is 42.1 Å². The minimum atomic E-state index is -0.0203. The number of hydrogen-bond donors (Lipinski definition) is 1. The molecule has 6 heteroatoms. The lowest BCUT2D eigenvalue weighted by atomic mass is 10.2. The summed E-state index contributed by atoms with van der Waals surface area (Å²) in [6.07, 6.45) is 1.67. The Morgan fingerprint density at radius 3 is 2.64 bits per heavy atom. The molecule has 0 spiro atoms. The first-order valence-electron chi connectivity index (χ1n) is 7.51. The standard InChI is InChI=1S/C16H17N5O/c22-15-13-10-18-16(20-8-6-17-7-9-20)19-14(13)11-21(15)12-4-2-1-3-5-12/h1-5,10,17H,6-9,11H2. The van der Waals surface area contributed by atoms with Gasteiger partial charge in [0.25, 0.3) is 5.91 Å². The summed E-state index contributed by atoms with van der Waals surface area (Å²) in [6, 6.07) is 9.69. The monoisotopic (exact) mass is 295 g/mol. The van der Waals surface area contributed by atoms with E-state index in [-0.39, 0.29) is 5.91 Å². The number of benzene rings is 1. The van der Waals surface area contributed by atoms with Crippen molar-refractivity contribution in [1.82, 2.24) is 15.3 Å². The molecule has 0 bridgehead atoms. The maximum Gasteiger partial charge on any atom is 0.262 e. The predicted octanol–water partition coefficient (Wildman–Crippen LogP) is 1.05. The van der Waals surface area contributed by atoms with E-state index in [1.165, 1.54) is 0 Å². The van der Waals surface area contributed by atoms with Crippen LogP contribution >= 0.6 is 0 Å². The van der Waals surface area contributed by atoms with E-state index in [4.69, 9.17) is 0 Å². The van der Waals surface area contributed by atoms with Gasteiger partial charge in [0.05, 0.1) is 17.8 Å². The zero-order valence-electron chi connectivity index (χ0n) is 12.2. The molecule has 2 aromatic rings. The molecule has 6 nitrogen and oxygen atoms in total. The van der Waals surface area contributed by atoms with Crippen LogP contribution < -0.4 is 15.1 Å². The van der Waals surface area contributed by atoms with E-state index in [0.717, 1.165) is 43.5 Å². The van der Waals surface area contributed by atoms with Crippen molar-refractivity contribution in [2.45, 2.75) is 6.54 Å². The number of anilines is 2. The van der Waals surface area contributed by atoms with Gasteiger partial charge in [0.1, 0.15) is 0 Å². The van der Waals surface area contributed by atoms with Crippen LogP contribution in [0.4, 0.5) is 11.6 Å². The fourth-order valence-electron chi connectivity index (χ4n) is 2.91. The molecule has 0 unspecified atom stereocenters. The Morgan fingerprint density at radius 2 is 1.86 bits per heavy atom. The summed E-state index contributed by atoms with van der Waals surface area (Å²) in [5.74, 6) is 0.705. The molecule has 0 radical (unpaired) electrons. The van der Waals surface area contributed by atoms with Crippen LogP contribution in [0.1, 0.15) is 16.1 Å². The fourth-order valence-corrected chi connectivity index (χ4v) is 2.91. The highest BCUT2D eigenvalue weighted by molar-refractivity contribution is 6.09. The third-order valence-electron chi connectivity index (χ3n) is 4.11. The highest BCUT2D eigenvalue weighted by Crippen LogP contribution is 2.27. The van der Waals surface area contributed by atoms with Gasteiger partial charge >= 0.3 is 0 Å². The Kier molecular flexibility index (Phi) is 3.23. The molecule has 2 aliphatic heterocycles. The van der Waals surface area contributed by atoms with E-state index >= 15 is 0 Å². The lowest BCUT2D eigenvalue weighted by molar-refractivity contribution is 0.0996. The van der Waals surface area contributed by atoms with E-state index in [1.54, 1.807) is 11.1 Å². The van der Waals surface area contributed by atoms with Crippen molar-refractivity contribution in [3.05, 3.63) is 47.8 Å². The van der Waals surface area contributed by atoms with Crippen molar-refractivity contribution in [2.75, 3.05) is 36.0 Å². The van der Waals surface area contributed by atoms with Crippen molar-refractivity contribution < 1.29 is 4.79 Å². The fraction of sp³-hybridized carbons (Fsp3) is 0.312. The number of fused-ring (bicyclic) bond motifs is 1. The summed E-state index contributed by atoms with van der Waals surface area (Å²) in [5.41, 5.74) is 2.33. The van der Waals surface area contributed by atoms with E-state index in [1.807, 2.05) is 30.3 Å². The third kappa shape index (κ3) is 2.21. The first-order chi connectivity index (χ1) is 10.8. The second-order valence-corrected chi connectivity index (χ2v) is 5.49. The topological polar surface area (TPSA) is 61.4 Å². The van der Waals surface area contributed by atoms with Gasteiger partial charge in [-0.2, -0.15) is 0 Å². The zero-order valence-corrected chi connectivity index (χ0v) is 12.2. The molecular weight excluding hydrogens is 278 g/mol. The molecule has 0 aliphatic carbocycles. The summed E-state index contributed by atoms with van der Waals surface area (Å²) in [7, 11) is 0. The van der Waals surface area contributed by atoms with Crippen molar-refractivity contribution in [3.8, 4) is 0 Å². The van der Waals surface area contributed by atoms with Gasteiger partial charge in [-0.3, -0.25) is 4.79 Å². The van der Waals surface area contributed by atoms with E-state index in [9.17, 15) is 4.79 Å². The van der Waals surface area contributed by atoms with Crippen molar-refractivity contribution in [3.63, 3.8) is 0 Å². The SMILES string of the molecule is O=C1c2cnc(N3CCNCC3)nc2CN1c1ccccc1. The second-order valence-electron chi connectivity index (χ2n) is 5.49. The molecule has 4 rings (SSSR count). The quantitative estimate of drug-likeness (QED) is 0.897. The molecule has 1 fully saturated rings. The average Bonchev–Trinajstić information content (AvgIpc) is 2.93. The Bertz CT molecular complexity index is 697.